The molecule has 3 aromatic rings. The summed E-state index contributed by atoms with van der Waals surface area (Å²) in [4.78, 5) is 24.8. The molecular formula is C27H28N4O. The number of piperazine rings is 1. The topological polar surface area (TPSA) is 39.2 Å². The van der Waals surface area contributed by atoms with Crippen molar-refractivity contribution in [3.63, 3.8) is 0 Å². The lowest BCUT2D eigenvalue weighted by Gasteiger charge is -2.37. The lowest BCUT2D eigenvalue weighted by molar-refractivity contribution is -0.112. The minimum Gasteiger partial charge on any atom is -0.369 e. The number of carbonyl (C=O) groups is 1. The highest BCUT2D eigenvalue weighted by atomic mass is 16.2. The van der Waals surface area contributed by atoms with Gasteiger partial charge in [-0.1, -0.05) is 55.5 Å². The standard InChI is InChI=1S/C27H28N4O/c1-2-21-12-14-22(15-13-21)28-26-24-10-6-7-11-25(24)31(27(26)32)20-29-16-18-30(19-17-29)23-8-4-3-5-9-23/h3-15H,2,16-20H2,1H3. The number of aliphatic imine (C=N–C) groups is 1. The van der Waals surface area contributed by atoms with Crippen molar-refractivity contribution in [3.8, 4) is 0 Å². The molecular weight excluding hydrogens is 396 g/mol. The third-order valence-electron chi connectivity index (χ3n) is 6.32. The summed E-state index contributed by atoms with van der Waals surface area (Å²) in [5.41, 5.74) is 5.75. The predicted octanol–water partition coefficient (Wildman–Crippen LogP) is 4.50. The number of carbonyl (C=O) groups excluding carboxylic acids is 1. The van der Waals surface area contributed by atoms with Gasteiger partial charge in [0.05, 0.1) is 18.0 Å². The Morgan fingerprint density at radius 1 is 0.812 bits per heavy atom. The highest BCUT2D eigenvalue weighted by Crippen LogP contribution is 2.31. The largest absolute Gasteiger partial charge is 0.369 e. The van der Waals surface area contributed by atoms with Crippen LogP contribution in [0.1, 0.15) is 18.1 Å². The van der Waals surface area contributed by atoms with E-state index in [1.165, 1.54) is 11.3 Å². The number of aryl methyl sites for hydroxylation is 1. The lowest BCUT2D eigenvalue weighted by Crippen LogP contribution is -2.51. The number of nitrogens with zero attached hydrogens (tertiary/aromatic N) is 4. The fourth-order valence-corrected chi connectivity index (χ4v) is 4.43. The third kappa shape index (κ3) is 4.04. The smallest absolute Gasteiger partial charge is 0.278 e. The highest BCUT2D eigenvalue weighted by Gasteiger charge is 2.35. The van der Waals surface area contributed by atoms with Crippen LogP contribution in [0.15, 0.2) is 83.9 Å². The van der Waals surface area contributed by atoms with Crippen LogP contribution in [0.4, 0.5) is 17.1 Å². The van der Waals surface area contributed by atoms with Crippen LogP contribution in [-0.2, 0) is 11.2 Å². The zero-order chi connectivity index (χ0) is 21.9. The lowest BCUT2D eigenvalue weighted by atomic mass is 10.1. The molecule has 5 heteroatoms. The van der Waals surface area contributed by atoms with E-state index < -0.39 is 0 Å². The quantitative estimate of drug-likeness (QED) is 0.606. The number of fused-ring (bicyclic) bond motifs is 1. The van der Waals surface area contributed by atoms with Gasteiger partial charge in [0.25, 0.3) is 5.91 Å². The molecule has 2 aliphatic heterocycles. The van der Waals surface area contributed by atoms with E-state index in [1.807, 2.05) is 47.4 Å². The molecule has 5 rings (SSSR count). The Morgan fingerprint density at radius 2 is 1.50 bits per heavy atom. The maximum Gasteiger partial charge on any atom is 0.278 e. The second-order valence-electron chi connectivity index (χ2n) is 8.31. The van der Waals surface area contributed by atoms with Crippen molar-refractivity contribution in [1.29, 1.82) is 0 Å². The molecule has 1 amide bonds. The Hall–Kier alpha value is -3.44. The molecule has 0 saturated carbocycles. The Balaban J connectivity index is 1.33. The Bertz CT molecular complexity index is 1120. The van der Waals surface area contributed by atoms with Crippen LogP contribution in [0, 0.1) is 0 Å². The molecule has 0 unspecified atom stereocenters. The Morgan fingerprint density at radius 3 is 2.22 bits per heavy atom. The van der Waals surface area contributed by atoms with Crippen LogP contribution < -0.4 is 9.80 Å². The fraction of sp³-hybridized carbons (Fsp3) is 0.259. The summed E-state index contributed by atoms with van der Waals surface area (Å²) in [5, 5.41) is 0. The normalized spacial score (nSPS) is 17.8. The average molecular weight is 425 g/mol. The first-order valence-electron chi connectivity index (χ1n) is 11.3. The summed E-state index contributed by atoms with van der Waals surface area (Å²) in [6.45, 7) is 6.48. The SMILES string of the molecule is CCc1ccc(N=C2C(=O)N(CN3CCN(c4ccccc4)CC3)c3ccccc32)cc1. The molecule has 0 radical (unpaired) electrons. The van der Waals surface area contributed by atoms with Crippen LogP contribution in [0.5, 0.6) is 0 Å². The number of anilines is 2. The minimum atomic E-state index is -0.0174. The predicted molar refractivity (Wildman–Crippen MR) is 131 cm³/mol. The van der Waals surface area contributed by atoms with E-state index in [4.69, 9.17) is 4.99 Å². The summed E-state index contributed by atoms with van der Waals surface area (Å²) in [6, 6.07) is 26.7. The van der Waals surface area contributed by atoms with Gasteiger partial charge < -0.3 is 4.90 Å². The minimum absolute atomic E-state index is 0.0174. The molecule has 3 aromatic carbocycles. The molecule has 32 heavy (non-hydrogen) atoms. The van der Waals surface area contributed by atoms with Crippen molar-refractivity contribution in [2.45, 2.75) is 13.3 Å². The molecule has 2 aliphatic rings. The molecule has 0 aromatic heterocycles. The van der Waals surface area contributed by atoms with Gasteiger partial charge in [0.1, 0.15) is 5.71 Å². The zero-order valence-electron chi connectivity index (χ0n) is 18.4. The molecule has 162 valence electrons. The van der Waals surface area contributed by atoms with Crippen molar-refractivity contribution >= 4 is 28.7 Å². The number of hydrogen-bond donors (Lipinski definition) is 0. The van der Waals surface area contributed by atoms with Gasteiger partial charge in [-0.15, -0.1) is 0 Å². The van der Waals surface area contributed by atoms with Crippen LogP contribution in [0.3, 0.4) is 0 Å². The fourth-order valence-electron chi connectivity index (χ4n) is 4.43. The maximum absolute atomic E-state index is 13.4. The molecule has 2 heterocycles. The average Bonchev–Trinajstić information content (AvgIpc) is 3.11. The molecule has 1 fully saturated rings. The third-order valence-corrected chi connectivity index (χ3v) is 6.32. The molecule has 0 aliphatic carbocycles. The van der Waals surface area contributed by atoms with E-state index in [-0.39, 0.29) is 5.91 Å². The van der Waals surface area contributed by atoms with Gasteiger partial charge >= 0.3 is 0 Å². The number of rotatable bonds is 5. The number of para-hydroxylation sites is 2. The molecule has 5 nitrogen and oxygen atoms in total. The van der Waals surface area contributed by atoms with E-state index >= 15 is 0 Å². The summed E-state index contributed by atoms with van der Waals surface area (Å²) in [6.07, 6.45) is 0.990. The van der Waals surface area contributed by atoms with E-state index in [1.54, 1.807) is 0 Å². The maximum atomic E-state index is 13.4. The van der Waals surface area contributed by atoms with Crippen molar-refractivity contribution < 1.29 is 4.79 Å². The number of benzene rings is 3. The summed E-state index contributed by atoms with van der Waals surface area (Å²) < 4.78 is 0. The van der Waals surface area contributed by atoms with Crippen molar-refractivity contribution in [1.82, 2.24) is 4.90 Å². The van der Waals surface area contributed by atoms with Gasteiger partial charge in [-0.2, -0.15) is 0 Å². The van der Waals surface area contributed by atoms with Crippen LogP contribution in [-0.4, -0.2) is 49.4 Å². The molecule has 0 N–H and O–H groups in total. The van der Waals surface area contributed by atoms with Crippen LogP contribution in [0.2, 0.25) is 0 Å². The van der Waals surface area contributed by atoms with E-state index in [0.717, 1.165) is 49.5 Å². The van der Waals surface area contributed by atoms with Gasteiger partial charge in [-0.25, -0.2) is 4.99 Å². The Labute approximate surface area is 189 Å². The first-order chi connectivity index (χ1) is 15.7. The summed E-state index contributed by atoms with van der Waals surface area (Å²) in [5.74, 6) is -0.0174. The second kappa shape index (κ2) is 8.97. The van der Waals surface area contributed by atoms with Gasteiger partial charge in [0.15, 0.2) is 0 Å². The first kappa shape index (κ1) is 20.5. The van der Waals surface area contributed by atoms with Gasteiger partial charge in [0.2, 0.25) is 0 Å². The number of hydrogen-bond acceptors (Lipinski definition) is 4. The van der Waals surface area contributed by atoms with Crippen LogP contribution in [0.25, 0.3) is 0 Å². The van der Waals surface area contributed by atoms with Gasteiger partial charge in [-0.3, -0.25) is 14.6 Å². The van der Waals surface area contributed by atoms with Crippen molar-refractivity contribution in [3.05, 3.63) is 90.0 Å². The summed E-state index contributed by atoms with van der Waals surface area (Å²) >= 11 is 0. The van der Waals surface area contributed by atoms with E-state index in [9.17, 15) is 4.79 Å². The molecule has 0 bridgehead atoms. The van der Waals surface area contributed by atoms with Gasteiger partial charge in [0, 0.05) is 37.4 Å². The van der Waals surface area contributed by atoms with Crippen molar-refractivity contribution in [2.24, 2.45) is 4.99 Å². The zero-order valence-corrected chi connectivity index (χ0v) is 18.4. The highest BCUT2D eigenvalue weighted by molar-refractivity contribution is 6.54. The van der Waals surface area contributed by atoms with E-state index in [0.29, 0.717) is 12.4 Å². The van der Waals surface area contributed by atoms with Crippen LogP contribution >= 0.6 is 0 Å². The monoisotopic (exact) mass is 424 g/mol. The molecule has 0 spiro atoms. The Kier molecular flexibility index (Phi) is 5.73. The van der Waals surface area contributed by atoms with Gasteiger partial charge in [-0.05, 0) is 42.3 Å². The molecule has 0 atom stereocenters. The van der Waals surface area contributed by atoms with E-state index in [2.05, 4.69) is 53.1 Å². The molecule has 1 saturated heterocycles. The van der Waals surface area contributed by atoms with Crippen molar-refractivity contribution in [2.75, 3.05) is 42.6 Å². The number of amides is 1. The second-order valence-corrected chi connectivity index (χ2v) is 8.31. The summed E-state index contributed by atoms with van der Waals surface area (Å²) in [7, 11) is 0. The first-order valence-corrected chi connectivity index (χ1v) is 11.3.